The van der Waals surface area contributed by atoms with Crippen LogP contribution in [0.5, 0.6) is 0 Å². The van der Waals surface area contributed by atoms with Crippen molar-refractivity contribution in [2.45, 2.75) is 31.1 Å². The third-order valence-electron chi connectivity index (χ3n) is 13.3. The van der Waals surface area contributed by atoms with Crippen molar-refractivity contribution in [2.24, 2.45) is 0 Å². The summed E-state index contributed by atoms with van der Waals surface area (Å²) in [6.45, 7) is 0. The molecule has 0 aliphatic heterocycles. The Hall–Kier alpha value is -7.16. The highest BCUT2D eigenvalue weighted by atomic mass is 15.1. The van der Waals surface area contributed by atoms with Crippen LogP contribution in [-0.2, 0) is 5.41 Å². The third-order valence-corrected chi connectivity index (χ3v) is 13.3. The van der Waals surface area contributed by atoms with Gasteiger partial charge in [-0.3, -0.25) is 0 Å². The minimum Gasteiger partial charge on any atom is -0.310 e. The van der Waals surface area contributed by atoms with Crippen LogP contribution in [0.15, 0.2) is 206 Å². The van der Waals surface area contributed by atoms with Gasteiger partial charge in [0.15, 0.2) is 0 Å². The molecule has 0 atom stereocenters. The van der Waals surface area contributed by atoms with E-state index in [-0.39, 0.29) is 5.41 Å². The van der Waals surface area contributed by atoms with E-state index < -0.39 is 0 Å². The average molecular weight is 755 g/mol. The summed E-state index contributed by atoms with van der Waals surface area (Å²) in [5.41, 5.74) is 17.8. The van der Waals surface area contributed by atoms with Gasteiger partial charge in [-0.25, -0.2) is 0 Å². The fourth-order valence-electron chi connectivity index (χ4n) is 10.6. The summed E-state index contributed by atoms with van der Waals surface area (Å²) in [6, 6.07) is 76.6. The van der Waals surface area contributed by atoms with Crippen LogP contribution >= 0.6 is 0 Å². The van der Waals surface area contributed by atoms with Crippen LogP contribution in [0.2, 0.25) is 0 Å². The fourth-order valence-corrected chi connectivity index (χ4v) is 10.6. The molecule has 10 aromatic rings. The minimum atomic E-state index is 0.0796. The van der Waals surface area contributed by atoms with Crippen molar-refractivity contribution < 1.29 is 0 Å². The first kappa shape index (κ1) is 33.9. The number of fused-ring (bicyclic) bond motifs is 9. The van der Waals surface area contributed by atoms with Crippen LogP contribution in [0, 0.1) is 0 Å². The molecule has 280 valence electrons. The van der Waals surface area contributed by atoms with Crippen molar-refractivity contribution in [3.63, 3.8) is 0 Å². The molecule has 0 N–H and O–H groups in total. The Labute approximate surface area is 345 Å². The van der Waals surface area contributed by atoms with Crippen molar-refractivity contribution in [3.8, 4) is 39.1 Å². The molecule has 1 fully saturated rings. The van der Waals surface area contributed by atoms with E-state index >= 15 is 0 Å². The van der Waals surface area contributed by atoms with E-state index in [0.29, 0.717) is 0 Å². The summed E-state index contributed by atoms with van der Waals surface area (Å²) in [5, 5.41) is 5.03. The monoisotopic (exact) mass is 754 g/mol. The Kier molecular flexibility index (Phi) is 7.74. The summed E-state index contributed by atoms with van der Waals surface area (Å²) >= 11 is 0. The molecule has 1 aromatic heterocycles. The third kappa shape index (κ3) is 5.33. The van der Waals surface area contributed by atoms with Crippen LogP contribution in [0.1, 0.15) is 36.8 Å². The van der Waals surface area contributed by atoms with Gasteiger partial charge in [-0.05, 0) is 123 Å². The molecule has 1 spiro atoms. The summed E-state index contributed by atoms with van der Waals surface area (Å²) < 4.78 is 2.40. The van der Waals surface area contributed by atoms with Gasteiger partial charge in [0.2, 0.25) is 0 Å². The molecule has 0 bridgehead atoms. The standard InChI is InChI=1S/C57H42N2/c1-2-16-44(17-3-1)59-55-23-11-8-20-50(55)51-32-28-42(37-56(51)59)40-26-29-45(30-27-40)58(54-22-10-7-18-47(54)43-25-24-39-14-4-5-15-41(39)36-43)46-31-33-49-48-19-6-9-21-52(48)57(53(49)38-46)34-12-13-35-57/h1-11,14-33,36-38H,12-13,34-35H2. The molecule has 0 radical (unpaired) electrons. The lowest BCUT2D eigenvalue weighted by molar-refractivity contribution is 0.550. The molecule has 1 saturated carbocycles. The Bertz CT molecular complexity index is 3220. The van der Waals surface area contributed by atoms with E-state index in [1.165, 1.54) is 120 Å². The molecule has 1 heterocycles. The number of anilines is 3. The van der Waals surface area contributed by atoms with Crippen molar-refractivity contribution in [1.82, 2.24) is 4.57 Å². The van der Waals surface area contributed by atoms with Gasteiger partial charge in [-0.15, -0.1) is 0 Å². The van der Waals surface area contributed by atoms with Crippen molar-refractivity contribution in [3.05, 3.63) is 217 Å². The first-order valence-corrected chi connectivity index (χ1v) is 21.1. The van der Waals surface area contributed by atoms with Gasteiger partial charge in [0.05, 0.1) is 16.7 Å². The Morgan fingerprint density at radius 2 is 1.03 bits per heavy atom. The number of aromatic nitrogens is 1. The zero-order valence-corrected chi connectivity index (χ0v) is 32.9. The topological polar surface area (TPSA) is 8.17 Å². The SMILES string of the molecule is c1ccc(-n2c3ccccc3c3ccc(-c4ccc(N(c5ccc6c(c5)C5(CCCC5)c5ccccc5-6)c5ccccc5-c5ccc6ccccc6c5)cc4)cc32)cc1. The summed E-state index contributed by atoms with van der Waals surface area (Å²) in [4.78, 5) is 2.50. The quantitative estimate of drug-likeness (QED) is 0.164. The van der Waals surface area contributed by atoms with Crippen LogP contribution in [0.3, 0.4) is 0 Å². The zero-order valence-electron chi connectivity index (χ0n) is 32.9. The normalized spacial score (nSPS) is 14.0. The van der Waals surface area contributed by atoms with Crippen molar-refractivity contribution in [1.29, 1.82) is 0 Å². The van der Waals surface area contributed by atoms with Crippen molar-refractivity contribution >= 4 is 49.6 Å². The van der Waals surface area contributed by atoms with Gasteiger partial charge >= 0.3 is 0 Å². The summed E-state index contributed by atoms with van der Waals surface area (Å²) in [5.74, 6) is 0. The summed E-state index contributed by atoms with van der Waals surface area (Å²) in [7, 11) is 0. The molecule has 59 heavy (non-hydrogen) atoms. The Morgan fingerprint density at radius 3 is 1.90 bits per heavy atom. The molecular formula is C57H42N2. The average Bonchev–Trinajstić information content (AvgIpc) is 4.01. The number of hydrogen-bond acceptors (Lipinski definition) is 1. The fraction of sp³-hybridized carbons (Fsp3) is 0.0877. The lowest BCUT2D eigenvalue weighted by Crippen LogP contribution is -2.21. The molecule has 0 amide bonds. The highest BCUT2D eigenvalue weighted by Crippen LogP contribution is 2.58. The number of nitrogens with zero attached hydrogens (tertiary/aromatic N) is 2. The van der Waals surface area contributed by atoms with Gasteiger partial charge in [-0.2, -0.15) is 0 Å². The highest BCUT2D eigenvalue weighted by molar-refractivity contribution is 6.10. The number of para-hydroxylation sites is 3. The molecule has 0 unspecified atom stereocenters. The molecule has 2 heteroatoms. The lowest BCUT2D eigenvalue weighted by atomic mass is 9.76. The van der Waals surface area contributed by atoms with E-state index in [9.17, 15) is 0 Å². The maximum atomic E-state index is 2.53. The second-order valence-electron chi connectivity index (χ2n) is 16.4. The van der Waals surface area contributed by atoms with Crippen LogP contribution in [-0.4, -0.2) is 4.57 Å². The van der Waals surface area contributed by atoms with Gasteiger partial charge < -0.3 is 9.47 Å². The first-order valence-electron chi connectivity index (χ1n) is 21.1. The summed E-state index contributed by atoms with van der Waals surface area (Å²) in [6.07, 6.45) is 4.95. The molecule has 2 aliphatic rings. The van der Waals surface area contributed by atoms with Crippen molar-refractivity contribution in [2.75, 3.05) is 4.90 Å². The van der Waals surface area contributed by atoms with Gasteiger partial charge in [0.1, 0.15) is 0 Å². The van der Waals surface area contributed by atoms with E-state index in [1.54, 1.807) is 0 Å². The predicted molar refractivity (Wildman–Crippen MR) is 249 cm³/mol. The molecule has 9 aromatic carbocycles. The number of hydrogen-bond donors (Lipinski definition) is 0. The maximum absolute atomic E-state index is 2.53. The van der Waals surface area contributed by atoms with Gasteiger partial charge in [0, 0.05) is 38.8 Å². The van der Waals surface area contributed by atoms with E-state index in [0.717, 1.165) is 5.69 Å². The van der Waals surface area contributed by atoms with E-state index in [1.807, 2.05) is 0 Å². The second-order valence-corrected chi connectivity index (χ2v) is 16.4. The van der Waals surface area contributed by atoms with E-state index in [4.69, 9.17) is 0 Å². The molecular weight excluding hydrogens is 713 g/mol. The van der Waals surface area contributed by atoms with Gasteiger partial charge in [0.25, 0.3) is 0 Å². The van der Waals surface area contributed by atoms with Crippen LogP contribution in [0.25, 0.3) is 71.6 Å². The number of benzene rings is 9. The highest BCUT2D eigenvalue weighted by Gasteiger charge is 2.45. The lowest BCUT2D eigenvalue weighted by Gasteiger charge is -2.31. The molecule has 2 nitrogen and oxygen atoms in total. The van der Waals surface area contributed by atoms with Gasteiger partial charge in [-0.1, -0.05) is 158 Å². The maximum Gasteiger partial charge on any atom is 0.0547 e. The predicted octanol–water partition coefficient (Wildman–Crippen LogP) is 15.6. The van der Waals surface area contributed by atoms with Crippen LogP contribution < -0.4 is 4.90 Å². The Morgan fingerprint density at radius 1 is 0.390 bits per heavy atom. The second kappa shape index (κ2) is 13.5. The number of rotatable bonds is 6. The Balaban J connectivity index is 1.02. The first-order chi connectivity index (χ1) is 29.2. The molecule has 2 aliphatic carbocycles. The van der Waals surface area contributed by atoms with E-state index in [2.05, 4.69) is 216 Å². The molecule has 0 saturated heterocycles. The smallest absolute Gasteiger partial charge is 0.0547 e. The van der Waals surface area contributed by atoms with Crippen LogP contribution in [0.4, 0.5) is 17.1 Å². The molecule has 12 rings (SSSR count). The largest absolute Gasteiger partial charge is 0.310 e. The zero-order chi connectivity index (χ0) is 38.9. The minimum absolute atomic E-state index is 0.0796.